The summed E-state index contributed by atoms with van der Waals surface area (Å²) in [5.41, 5.74) is 0.117. The summed E-state index contributed by atoms with van der Waals surface area (Å²) in [6, 6.07) is 4.96. The van der Waals surface area contributed by atoms with E-state index in [-0.39, 0.29) is 11.9 Å². The zero-order chi connectivity index (χ0) is 15.0. The van der Waals surface area contributed by atoms with Crippen LogP contribution in [0.15, 0.2) is 18.2 Å². The molecule has 0 bridgehead atoms. The summed E-state index contributed by atoms with van der Waals surface area (Å²) in [7, 11) is 1.58. The average molecular weight is 309 g/mol. The van der Waals surface area contributed by atoms with Gasteiger partial charge in [-0.15, -0.1) is 0 Å². The second-order valence-corrected chi connectivity index (χ2v) is 5.98. The van der Waals surface area contributed by atoms with Crippen LogP contribution in [0, 0.1) is 0 Å². The number of hydrogen-bond acceptors (Lipinski definition) is 3. The number of nitrogens with zero attached hydrogens (tertiary/aromatic N) is 1. The van der Waals surface area contributed by atoms with Gasteiger partial charge in [-0.25, -0.2) is 4.79 Å². The van der Waals surface area contributed by atoms with Crippen molar-refractivity contribution in [3.05, 3.63) is 28.8 Å². The Bertz CT molecular complexity index is 597. The van der Waals surface area contributed by atoms with Crippen LogP contribution in [0.25, 0.3) is 0 Å². The van der Waals surface area contributed by atoms with Crippen LogP contribution in [-0.2, 0) is 11.3 Å². The van der Waals surface area contributed by atoms with Gasteiger partial charge in [0, 0.05) is 10.6 Å². The van der Waals surface area contributed by atoms with E-state index in [4.69, 9.17) is 16.3 Å². The van der Waals surface area contributed by atoms with E-state index in [1.54, 1.807) is 30.2 Å². The molecule has 0 radical (unpaired) electrons. The minimum atomic E-state index is -0.690. The molecule has 3 amide bonds. The van der Waals surface area contributed by atoms with Gasteiger partial charge < -0.3 is 9.64 Å². The molecule has 3 rings (SSSR count). The second kappa shape index (κ2) is 5.22. The van der Waals surface area contributed by atoms with Gasteiger partial charge in [-0.1, -0.05) is 24.4 Å². The molecule has 1 aliphatic carbocycles. The second-order valence-electron chi connectivity index (χ2n) is 5.54. The molecule has 0 unspecified atom stereocenters. The van der Waals surface area contributed by atoms with Crippen molar-refractivity contribution in [2.24, 2.45) is 0 Å². The molecule has 1 N–H and O–H groups in total. The van der Waals surface area contributed by atoms with Crippen molar-refractivity contribution in [2.45, 2.75) is 37.8 Å². The highest BCUT2D eigenvalue weighted by Crippen LogP contribution is 2.40. The van der Waals surface area contributed by atoms with Gasteiger partial charge in [0.1, 0.15) is 11.3 Å². The number of amides is 3. The third-order valence-electron chi connectivity index (χ3n) is 4.41. The Morgan fingerprint density at radius 1 is 1.33 bits per heavy atom. The van der Waals surface area contributed by atoms with E-state index in [0.29, 0.717) is 30.2 Å². The molecule has 1 saturated carbocycles. The van der Waals surface area contributed by atoms with Crippen molar-refractivity contribution in [3.8, 4) is 5.75 Å². The maximum Gasteiger partial charge on any atom is 0.325 e. The first-order valence-corrected chi connectivity index (χ1v) is 7.40. The highest BCUT2D eigenvalue weighted by molar-refractivity contribution is 6.30. The lowest BCUT2D eigenvalue weighted by atomic mass is 9.95. The Morgan fingerprint density at radius 2 is 2.05 bits per heavy atom. The smallest absolute Gasteiger partial charge is 0.325 e. The molecule has 2 aliphatic rings. The largest absolute Gasteiger partial charge is 0.496 e. The van der Waals surface area contributed by atoms with Gasteiger partial charge in [0.15, 0.2) is 0 Å². The van der Waals surface area contributed by atoms with E-state index in [1.807, 2.05) is 0 Å². The number of carbonyl (C=O) groups is 2. The van der Waals surface area contributed by atoms with Crippen LogP contribution in [0.4, 0.5) is 4.79 Å². The van der Waals surface area contributed by atoms with Gasteiger partial charge in [0.05, 0.1) is 13.7 Å². The molecule has 6 heteroatoms. The summed E-state index contributed by atoms with van der Waals surface area (Å²) in [5.74, 6) is 0.491. The predicted octanol–water partition coefficient (Wildman–Crippen LogP) is 2.71. The van der Waals surface area contributed by atoms with Gasteiger partial charge in [-0.2, -0.15) is 0 Å². The number of benzene rings is 1. The number of imide groups is 1. The molecule has 1 aromatic rings. The third kappa shape index (κ3) is 2.25. The van der Waals surface area contributed by atoms with E-state index in [2.05, 4.69) is 5.32 Å². The number of ether oxygens (including phenoxy) is 1. The predicted molar refractivity (Wildman–Crippen MR) is 78.3 cm³/mol. The molecule has 5 nitrogen and oxygen atoms in total. The highest BCUT2D eigenvalue weighted by atomic mass is 35.5. The number of rotatable bonds is 3. The fourth-order valence-electron chi connectivity index (χ4n) is 3.32. The fourth-order valence-corrected chi connectivity index (χ4v) is 3.51. The lowest BCUT2D eigenvalue weighted by Crippen LogP contribution is -2.46. The SMILES string of the molecule is COc1ccc(Cl)cc1CN1C(=O)NC(=O)C12CCCC2. The molecule has 1 saturated heterocycles. The summed E-state index contributed by atoms with van der Waals surface area (Å²) in [6.07, 6.45) is 3.36. The lowest BCUT2D eigenvalue weighted by molar-refractivity contribution is -0.126. The van der Waals surface area contributed by atoms with E-state index in [0.717, 1.165) is 18.4 Å². The molecule has 1 spiro atoms. The zero-order valence-corrected chi connectivity index (χ0v) is 12.6. The quantitative estimate of drug-likeness (QED) is 0.873. The minimum absolute atomic E-state index is 0.175. The molecule has 1 heterocycles. The molecular weight excluding hydrogens is 292 g/mol. The first kappa shape index (κ1) is 14.2. The molecule has 1 aromatic carbocycles. The third-order valence-corrected chi connectivity index (χ3v) is 4.64. The minimum Gasteiger partial charge on any atom is -0.496 e. The van der Waals surface area contributed by atoms with Gasteiger partial charge in [-0.3, -0.25) is 10.1 Å². The number of halogens is 1. The van der Waals surface area contributed by atoms with Crippen molar-refractivity contribution < 1.29 is 14.3 Å². The highest BCUT2D eigenvalue weighted by Gasteiger charge is 2.54. The van der Waals surface area contributed by atoms with Crippen LogP contribution in [0.3, 0.4) is 0 Å². The maximum absolute atomic E-state index is 12.2. The summed E-state index contributed by atoms with van der Waals surface area (Å²) in [5, 5.41) is 3.03. The van der Waals surface area contributed by atoms with Crippen LogP contribution < -0.4 is 10.1 Å². The van der Waals surface area contributed by atoms with Gasteiger partial charge in [0.25, 0.3) is 5.91 Å². The maximum atomic E-state index is 12.2. The van der Waals surface area contributed by atoms with Crippen LogP contribution in [-0.4, -0.2) is 29.5 Å². The molecule has 1 aliphatic heterocycles. The molecule has 112 valence electrons. The summed E-state index contributed by atoms with van der Waals surface area (Å²) in [6.45, 7) is 0.321. The number of hydrogen-bond donors (Lipinski definition) is 1. The summed E-state index contributed by atoms with van der Waals surface area (Å²) >= 11 is 6.03. The van der Waals surface area contributed by atoms with Crippen molar-refractivity contribution >= 4 is 23.5 Å². The number of nitrogens with one attached hydrogen (secondary N) is 1. The van der Waals surface area contributed by atoms with Gasteiger partial charge >= 0.3 is 6.03 Å². The molecule has 21 heavy (non-hydrogen) atoms. The zero-order valence-electron chi connectivity index (χ0n) is 11.8. The van der Waals surface area contributed by atoms with Crippen molar-refractivity contribution in [1.29, 1.82) is 0 Å². The van der Waals surface area contributed by atoms with Crippen molar-refractivity contribution in [1.82, 2.24) is 10.2 Å². The van der Waals surface area contributed by atoms with Gasteiger partial charge in [-0.05, 0) is 31.0 Å². The Kier molecular flexibility index (Phi) is 3.53. The number of carbonyl (C=O) groups excluding carboxylic acids is 2. The Labute approximate surface area is 128 Å². The molecule has 0 atom stereocenters. The van der Waals surface area contributed by atoms with Crippen LogP contribution >= 0.6 is 11.6 Å². The standard InChI is InChI=1S/C15H17ClN2O3/c1-21-12-5-4-11(16)8-10(12)9-18-14(20)17-13(19)15(18)6-2-3-7-15/h4-5,8H,2-3,6-7,9H2,1H3,(H,17,19,20). The van der Waals surface area contributed by atoms with Crippen molar-refractivity contribution in [2.75, 3.05) is 7.11 Å². The fraction of sp³-hybridized carbons (Fsp3) is 0.467. The molecule has 2 fully saturated rings. The van der Waals surface area contributed by atoms with Crippen LogP contribution in [0.5, 0.6) is 5.75 Å². The van der Waals surface area contributed by atoms with E-state index in [9.17, 15) is 9.59 Å². The number of methoxy groups -OCH3 is 1. The number of urea groups is 1. The average Bonchev–Trinajstić information content (AvgIpc) is 3.02. The monoisotopic (exact) mass is 308 g/mol. The van der Waals surface area contributed by atoms with Gasteiger partial charge in [0.2, 0.25) is 0 Å². The van der Waals surface area contributed by atoms with E-state index < -0.39 is 5.54 Å². The normalized spacial score (nSPS) is 20.2. The van der Waals surface area contributed by atoms with E-state index >= 15 is 0 Å². The summed E-state index contributed by atoms with van der Waals surface area (Å²) < 4.78 is 5.32. The topological polar surface area (TPSA) is 58.6 Å². The Morgan fingerprint density at radius 3 is 2.71 bits per heavy atom. The molecule has 0 aromatic heterocycles. The van der Waals surface area contributed by atoms with Crippen molar-refractivity contribution in [3.63, 3.8) is 0 Å². The van der Waals surface area contributed by atoms with Crippen LogP contribution in [0.2, 0.25) is 5.02 Å². The first-order chi connectivity index (χ1) is 10.1. The first-order valence-electron chi connectivity index (χ1n) is 7.02. The summed E-state index contributed by atoms with van der Waals surface area (Å²) in [4.78, 5) is 26.0. The van der Waals surface area contributed by atoms with E-state index in [1.165, 1.54) is 0 Å². The lowest BCUT2D eigenvalue weighted by Gasteiger charge is -2.31. The Balaban J connectivity index is 1.94. The molecular formula is C15H17ClN2O3. The Hall–Kier alpha value is -1.75. The van der Waals surface area contributed by atoms with Crippen LogP contribution in [0.1, 0.15) is 31.2 Å².